The van der Waals surface area contributed by atoms with Gasteiger partial charge in [0.2, 0.25) is 0 Å². The molecule has 7 heteroatoms. The van der Waals surface area contributed by atoms with E-state index in [-0.39, 0.29) is 41.7 Å². The molecule has 0 aromatic heterocycles. The number of aryl methyl sites for hydroxylation is 2. The Kier molecular flexibility index (Phi) is 7.78. The van der Waals surface area contributed by atoms with E-state index in [2.05, 4.69) is 96.2 Å². The van der Waals surface area contributed by atoms with E-state index >= 15 is 4.79 Å². The highest BCUT2D eigenvalue weighted by atomic mass is 16.6. The van der Waals surface area contributed by atoms with Crippen molar-refractivity contribution in [1.82, 2.24) is 9.80 Å². The highest BCUT2D eigenvalue weighted by molar-refractivity contribution is 6.00. The predicted octanol–water partition coefficient (Wildman–Crippen LogP) is 8.28. The molecule has 13 atom stereocenters. The molecule has 0 radical (unpaired) electrons. The summed E-state index contributed by atoms with van der Waals surface area (Å²) in [5, 5.41) is 0. The summed E-state index contributed by atoms with van der Waals surface area (Å²) in [4.78, 5) is 36.5. The van der Waals surface area contributed by atoms with Crippen molar-refractivity contribution in [2.24, 2.45) is 58.0 Å². The van der Waals surface area contributed by atoms with Crippen LogP contribution in [0.3, 0.4) is 0 Å². The van der Waals surface area contributed by atoms with Crippen LogP contribution in [0, 0.1) is 64.1 Å². The number of benzene rings is 2. The number of piperidine rings is 2. The molecule has 6 aliphatic carbocycles. The number of nitrogens with two attached hydrogens (primary N) is 1. The molecule has 322 valence electrons. The number of carbonyl (C=O) groups excluding carboxylic acids is 2. The van der Waals surface area contributed by atoms with E-state index in [0.717, 1.165) is 101 Å². The van der Waals surface area contributed by atoms with Crippen molar-refractivity contribution in [3.05, 3.63) is 128 Å². The first-order valence-electron chi connectivity index (χ1n) is 24.7. The van der Waals surface area contributed by atoms with Gasteiger partial charge in [-0.25, -0.2) is 4.79 Å². The lowest BCUT2D eigenvalue weighted by Crippen LogP contribution is -2.77. The molecular weight excluding hydrogens is 779 g/mol. The molecule has 17 bridgehead atoms. The molecule has 4 fully saturated rings. The average Bonchev–Trinajstić information content (AvgIpc) is 3.73. The summed E-state index contributed by atoms with van der Waals surface area (Å²) in [5.74, 6) is 9.90. The van der Waals surface area contributed by atoms with Crippen LogP contribution in [0.4, 0.5) is 0 Å². The van der Waals surface area contributed by atoms with Crippen LogP contribution in [0.15, 0.2) is 94.5 Å². The second kappa shape index (κ2) is 13.0. The Labute approximate surface area is 371 Å². The Morgan fingerprint density at radius 2 is 1.95 bits per heavy atom. The molecule has 63 heavy (non-hydrogen) atoms. The summed E-state index contributed by atoms with van der Waals surface area (Å²) >= 11 is 0. The van der Waals surface area contributed by atoms with Gasteiger partial charge in [0, 0.05) is 55.2 Å². The van der Waals surface area contributed by atoms with Gasteiger partial charge in [0.25, 0.3) is 0 Å². The van der Waals surface area contributed by atoms with Gasteiger partial charge in [-0.1, -0.05) is 91.0 Å². The third-order valence-electron chi connectivity index (χ3n) is 19.3. The number of fused-ring (bicyclic) bond motifs is 6. The quantitative estimate of drug-likeness (QED) is 0.246. The molecule has 2 N–H and O–H groups in total. The van der Waals surface area contributed by atoms with Crippen molar-refractivity contribution in [3.8, 4) is 11.8 Å². The van der Waals surface area contributed by atoms with Crippen LogP contribution < -0.4 is 5.73 Å². The maximum Gasteiger partial charge on any atom is 0.339 e. The van der Waals surface area contributed by atoms with Gasteiger partial charge in [0.1, 0.15) is 11.2 Å². The third-order valence-corrected chi connectivity index (χ3v) is 19.3. The second-order valence-corrected chi connectivity index (χ2v) is 21.8. The number of rotatable bonds is 3. The molecule has 1 saturated carbocycles. The predicted molar refractivity (Wildman–Crippen MR) is 241 cm³/mol. The molecule has 2 aromatic rings. The summed E-state index contributed by atoms with van der Waals surface area (Å²) in [6.45, 7) is 8.66. The van der Waals surface area contributed by atoms with E-state index in [0.29, 0.717) is 42.3 Å². The van der Waals surface area contributed by atoms with Gasteiger partial charge in [-0.15, -0.1) is 0 Å². The van der Waals surface area contributed by atoms with Crippen LogP contribution in [-0.2, 0) is 45.6 Å². The molecular formula is C56H59N3O4. The van der Waals surface area contributed by atoms with Crippen LogP contribution in [0.5, 0.6) is 0 Å². The van der Waals surface area contributed by atoms with Crippen molar-refractivity contribution < 1.29 is 19.1 Å². The minimum atomic E-state index is -1.02. The lowest BCUT2D eigenvalue weighted by atomic mass is 9.29. The van der Waals surface area contributed by atoms with Crippen LogP contribution in [0.1, 0.15) is 103 Å². The number of esters is 2. The van der Waals surface area contributed by atoms with Crippen molar-refractivity contribution in [1.29, 1.82) is 0 Å². The summed E-state index contributed by atoms with van der Waals surface area (Å²) in [7, 11) is 0. The van der Waals surface area contributed by atoms with Gasteiger partial charge in [-0.3, -0.25) is 9.69 Å². The van der Waals surface area contributed by atoms with E-state index in [9.17, 15) is 4.79 Å². The maximum atomic E-state index is 16.0. The molecule has 15 aliphatic rings. The first kappa shape index (κ1) is 37.7. The fraction of sp³-hybridized carbons (Fsp3) is 0.536. The first-order chi connectivity index (χ1) is 30.8. The number of nitrogens with zero attached hydrogens (tertiary/aromatic N) is 2. The van der Waals surface area contributed by atoms with Gasteiger partial charge < -0.3 is 20.1 Å². The number of ether oxygens (including phenoxy) is 2. The number of hydrogen-bond acceptors (Lipinski definition) is 7. The van der Waals surface area contributed by atoms with Gasteiger partial charge in [-0.2, -0.15) is 0 Å². The fourth-order valence-electron chi connectivity index (χ4n) is 17.0. The van der Waals surface area contributed by atoms with Crippen LogP contribution in [-0.4, -0.2) is 60.0 Å². The normalized spacial score (nSPS) is 41.4. The monoisotopic (exact) mass is 837 g/mol. The van der Waals surface area contributed by atoms with Gasteiger partial charge in [-0.05, 0) is 141 Å². The largest absolute Gasteiger partial charge is 0.449 e. The van der Waals surface area contributed by atoms with Gasteiger partial charge >= 0.3 is 11.9 Å². The fourth-order valence-corrected chi connectivity index (χ4v) is 17.0. The Balaban J connectivity index is 1.09. The van der Waals surface area contributed by atoms with E-state index in [1.165, 1.54) is 51.1 Å². The van der Waals surface area contributed by atoms with Crippen molar-refractivity contribution in [2.75, 3.05) is 26.2 Å². The zero-order valence-electron chi connectivity index (χ0n) is 36.9. The molecule has 0 amide bonds. The third kappa shape index (κ3) is 4.47. The average molecular weight is 838 g/mol. The maximum absolute atomic E-state index is 16.0. The molecule has 3 saturated heterocycles. The smallest absolute Gasteiger partial charge is 0.339 e. The minimum absolute atomic E-state index is 0.114. The molecule has 2 aromatic carbocycles. The van der Waals surface area contributed by atoms with E-state index in [1.54, 1.807) is 0 Å². The van der Waals surface area contributed by atoms with Gasteiger partial charge in [0.15, 0.2) is 5.60 Å². The molecule has 9 aliphatic heterocycles. The second-order valence-electron chi connectivity index (χ2n) is 21.8. The SMILES string of the molecule is CC1C2C#CCc3ccc4cc3CC3=CC5=C6CCC78C(=CCC(C)N9CC%10CC(C9)C9C=CC2=C(C6C31)N9C%10)OC(=O)C57C(CCCC4)C81OC(=O)c2c(CCCN)cccc21. The van der Waals surface area contributed by atoms with Crippen molar-refractivity contribution in [2.45, 2.75) is 109 Å². The summed E-state index contributed by atoms with van der Waals surface area (Å²) in [6.07, 6.45) is 20.4. The number of carbonyl (C=O) groups is 2. The van der Waals surface area contributed by atoms with Crippen molar-refractivity contribution in [3.63, 3.8) is 0 Å². The topological polar surface area (TPSA) is 85.1 Å². The van der Waals surface area contributed by atoms with E-state index in [4.69, 9.17) is 15.2 Å². The minimum Gasteiger partial charge on any atom is -0.449 e. The van der Waals surface area contributed by atoms with Crippen LogP contribution >= 0.6 is 0 Å². The van der Waals surface area contributed by atoms with Crippen LogP contribution in [0.2, 0.25) is 0 Å². The van der Waals surface area contributed by atoms with Crippen LogP contribution in [0.25, 0.3) is 0 Å². The lowest BCUT2D eigenvalue weighted by molar-refractivity contribution is -0.275. The Morgan fingerprint density at radius 3 is 2.86 bits per heavy atom. The van der Waals surface area contributed by atoms with Gasteiger partial charge in [0.05, 0.1) is 22.9 Å². The summed E-state index contributed by atoms with van der Waals surface area (Å²) in [5.41, 5.74) is 17.1. The zero-order valence-corrected chi connectivity index (χ0v) is 36.9. The summed E-state index contributed by atoms with van der Waals surface area (Å²) in [6, 6.07) is 14.2. The number of allylic oxidation sites excluding steroid dienone is 5. The molecule has 17 rings (SSSR count). The highest BCUT2D eigenvalue weighted by Gasteiger charge is 2.92. The van der Waals surface area contributed by atoms with E-state index in [1.807, 2.05) is 0 Å². The Bertz CT molecular complexity index is 2690. The Hall–Kier alpha value is -4.64. The lowest BCUT2D eigenvalue weighted by Gasteiger charge is -2.71. The Morgan fingerprint density at radius 1 is 1.03 bits per heavy atom. The molecule has 7 nitrogen and oxygen atoms in total. The van der Waals surface area contributed by atoms with Crippen molar-refractivity contribution >= 4 is 11.9 Å². The summed E-state index contributed by atoms with van der Waals surface area (Å²) < 4.78 is 14.3. The van der Waals surface area contributed by atoms with E-state index < -0.39 is 16.4 Å². The molecule has 3 spiro atoms. The highest BCUT2D eigenvalue weighted by Crippen LogP contribution is 2.87. The molecule has 9 heterocycles. The standard InChI is InChI=1S/C56H59N3O4/c1-31-15-20-47-54-22-21-42-44-27-38-26-37-24-33(8-3-4-14-46(55(44,54)53(61)62-47)56(54)43-13-6-10-36(11-7-23-57)49(43)52(60)63-56)16-17-35(37)9-5-12-40-32(2)48(38)50(42)51-41(40)18-19-45-39-25-34(29-59(45)51)28-58(31)30-39/h6,10,13,16-20,24,27,31-32,34,39-40,45-46,48,50H,3-4,7-9,11,14-15,21-23,25-26,28-30,57H2,1-2H3. The molecule has 13 unspecified atom stereocenters. The zero-order chi connectivity index (χ0) is 42.1. The first-order valence-corrected chi connectivity index (χ1v) is 24.7. The number of hydrogen-bond donors (Lipinski definition) is 1.